The van der Waals surface area contributed by atoms with Crippen LogP contribution in [-0.4, -0.2) is 33.6 Å². The third kappa shape index (κ3) is 3.61. The summed E-state index contributed by atoms with van der Waals surface area (Å²) in [5, 5.41) is 6.34. The van der Waals surface area contributed by atoms with E-state index in [2.05, 4.69) is 10.6 Å². The lowest BCUT2D eigenvalue weighted by atomic mass is 10.1. The number of rotatable bonds is 5. The SMILES string of the molecule is CNCc1cccc(Cl)c1N(C)CC(=O)NC. The molecule has 1 aromatic carbocycles. The molecule has 1 aromatic rings. The molecule has 17 heavy (non-hydrogen) atoms. The molecule has 0 atom stereocenters. The van der Waals surface area contributed by atoms with E-state index in [4.69, 9.17) is 11.6 Å². The Hall–Kier alpha value is -1.26. The highest BCUT2D eigenvalue weighted by atomic mass is 35.5. The number of hydrogen-bond donors (Lipinski definition) is 2. The molecule has 1 rings (SSSR count). The smallest absolute Gasteiger partial charge is 0.239 e. The normalized spacial score (nSPS) is 10.1. The number of amides is 1. The zero-order valence-electron chi connectivity index (χ0n) is 10.4. The van der Waals surface area contributed by atoms with Crippen LogP contribution in [0.25, 0.3) is 0 Å². The molecule has 5 heteroatoms. The standard InChI is InChI=1S/C12H18ClN3O/c1-14-7-9-5-4-6-10(13)12(9)16(3)8-11(17)15-2/h4-6,14H,7-8H2,1-3H3,(H,15,17). The number of benzene rings is 1. The van der Waals surface area contributed by atoms with Gasteiger partial charge in [0.25, 0.3) is 0 Å². The van der Waals surface area contributed by atoms with E-state index >= 15 is 0 Å². The number of hydrogen-bond acceptors (Lipinski definition) is 3. The number of carbonyl (C=O) groups is 1. The predicted molar refractivity (Wildman–Crippen MR) is 71.6 cm³/mol. The van der Waals surface area contributed by atoms with Gasteiger partial charge in [-0.2, -0.15) is 0 Å². The summed E-state index contributed by atoms with van der Waals surface area (Å²) >= 11 is 6.19. The summed E-state index contributed by atoms with van der Waals surface area (Å²) in [6, 6.07) is 5.74. The Morgan fingerprint density at radius 3 is 2.71 bits per heavy atom. The van der Waals surface area contributed by atoms with Crippen molar-refractivity contribution in [3.05, 3.63) is 28.8 Å². The maximum absolute atomic E-state index is 11.4. The fourth-order valence-electron chi connectivity index (χ4n) is 1.69. The number of halogens is 1. The number of anilines is 1. The van der Waals surface area contributed by atoms with Crippen LogP contribution in [0.4, 0.5) is 5.69 Å². The molecule has 0 aliphatic heterocycles. The minimum absolute atomic E-state index is 0.0390. The first-order valence-corrected chi connectivity index (χ1v) is 5.81. The highest BCUT2D eigenvalue weighted by molar-refractivity contribution is 6.33. The van der Waals surface area contributed by atoms with Gasteiger partial charge in [0.15, 0.2) is 0 Å². The molecule has 0 saturated carbocycles. The summed E-state index contributed by atoms with van der Waals surface area (Å²) < 4.78 is 0. The summed E-state index contributed by atoms with van der Waals surface area (Å²) in [6.07, 6.45) is 0. The van der Waals surface area contributed by atoms with Gasteiger partial charge >= 0.3 is 0 Å². The second kappa shape index (κ2) is 6.47. The van der Waals surface area contributed by atoms with Crippen molar-refractivity contribution in [3.63, 3.8) is 0 Å². The van der Waals surface area contributed by atoms with Crippen molar-refractivity contribution >= 4 is 23.2 Å². The largest absolute Gasteiger partial charge is 0.364 e. The topological polar surface area (TPSA) is 44.4 Å². The number of para-hydroxylation sites is 1. The Morgan fingerprint density at radius 2 is 2.12 bits per heavy atom. The van der Waals surface area contributed by atoms with Crippen LogP contribution in [0.2, 0.25) is 5.02 Å². The van der Waals surface area contributed by atoms with Crippen molar-refractivity contribution in [1.29, 1.82) is 0 Å². The molecule has 0 aromatic heterocycles. The fraction of sp³-hybridized carbons (Fsp3) is 0.417. The Morgan fingerprint density at radius 1 is 1.41 bits per heavy atom. The van der Waals surface area contributed by atoms with Crippen LogP contribution in [0.5, 0.6) is 0 Å². The molecular weight excluding hydrogens is 238 g/mol. The minimum atomic E-state index is -0.0390. The number of nitrogens with one attached hydrogen (secondary N) is 2. The molecule has 1 amide bonds. The van der Waals surface area contributed by atoms with E-state index in [0.717, 1.165) is 11.3 Å². The van der Waals surface area contributed by atoms with Gasteiger partial charge in [-0.05, 0) is 18.7 Å². The summed E-state index contributed by atoms with van der Waals surface area (Å²) in [6.45, 7) is 1.00. The summed E-state index contributed by atoms with van der Waals surface area (Å²) in [5.41, 5.74) is 1.97. The first-order chi connectivity index (χ1) is 8.10. The molecule has 94 valence electrons. The first kappa shape index (κ1) is 13.8. The lowest BCUT2D eigenvalue weighted by molar-refractivity contribution is -0.119. The van der Waals surface area contributed by atoms with Gasteiger partial charge in [-0.25, -0.2) is 0 Å². The maximum atomic E-state index is 11.4. The molecule has 4 nitrogen and oxygen atoms in total. The van der Waals surface area contributed by atoms with Gasteiger partial charge in [0, 0.05) is 20.6 Å². The average molecular weight is 256 g/mol. The van der Waals surface area contributed by atoms with Crippen molar-refractivity contribution in [2.45, 2.75) is 6.54 Å². The molecule has 0 fully saturated rings. The third-order valence-electron chi connectivity index (χ3n) is 2.48. The van der Waals surface area contributed by atoms with Crippen LogP contribution in [0.15, 0.2) is 18.2 Å². The van der Waals surface area contributed by atoms with E-state index in [1.807, 2.05) is 37.2 Å². The monoisotopic (exact) mass is 255 g/mol. The number of likely N-dealkylation sites (N-methyl/N-ethyl adjacent to an activating group) is 2. The molecule has 0 aliphatic carbocycles. The highest BCUT2D eigenvalue weighted by Crippen LogP contribution is 2.28. The number of nitrogens with zero attached hydrogens (tertiary/aromatic N) is 1. The van der Waals surface area contributed by atoms with Crippen molar-refractivity contribution in [3.8, 4) is 0 Å². The van der Waals surface area contributed by atoms with Crippen LogP contribution in [-0.2, 0) is 11.3 Å². The van der Waals surface area contributed by atoms with Crippen molar-refractivity contribution in [1.82, 2.24) is 10.6 Å². The van der Waals surface area contributed by atoms with Gasteiger partial charge < -0.3 is 15.5 Å². The molecule has 0 unspecified atom stereocenters. The van der Waals surface area contributed by atoms with E-state index in [9.17, 15) is 4.79 Å². The molecule has 0 saturated heterocycles. The van der Waals surface area contributed by atoms with E-state index in [0.29, 0.717) is 11.6 Å². The first-order valence-electron chi connectivity index (χ1n) is 5.43. The van der Waals surface area contributed by atoms with Crippen molar-refractivity contribution in [2.75, 3.05) is 32.6 Å². The van der Waals surface area contributed by atoms with Gasteiger partial charge in [-0.15, -0.1) is 0 Å². The summed E-state index contributed by atoms with van der Waals surface area (Å²) in [7, 11) is 5.36. The van der Waals surface area contributed by atoms with Crippen molar-refractivity contribution in [2.24, 2.45) is 0 Å². The van der Waals surface area contributed by atoms with Crippen LogP contribution in [0.1, 0.15) is 5.56 Å². The molecule has 2 N–H and O–H groups in total. The van der Waals surface area contributed by atoms with Gasteiger partial charge in [-0.1, -0.05) is 23.7 Å². The molecule has 0 heterocycles. The van der Waals surface area contributed by atoms with E-state index in [-0.39, 0.29) is 12.5 Å². The number of carbonyl (C=O) groups excluding carboxylic acids is 1. The third-order valence-corrected chi connectivity index (χ3v) is 2.78. The molecular formula is C12H18ClN3O. The lowest BCUT2D eigenvalue weighted by Gasteiger charge is -2.23. The second-order valence-electron chi connectivity index (χ2n) is 3.81. The summed E-state index contributed by atoms with van der Waals surface area (Å²) in [5.74, 6) is -0.0390. The van der Waals surface area contributed by atoms with E-state index in [1.54, 1.807) is 7.05 Å². The Bertz CT molecular complexity index is 395. The summed E-state index contributed by atoms with van der Waals surface area (Å²) in [4.78, 5) is 13.2. The van der Waals surface area contributed by atoms with Crippen LogP contribution in [0, 0.1) is 0 Å². The Kier molecular flexibility index (Phi) is 5.25. The fourth-order valence-corrected chi connectivity index (χ4v) is 2.03. The van der Waals surface area contributed by atoms with Gasteiger partial charge in [-0.3, -0.25) is 4.79 Å². The molecule has 0 radical (unpaired) electrons. The van der Waals surface area contributed by atoms with E-state index in [1.165, 1.54) is 0 Å². The van der Waals surface area contributed by atoms with Gasteiger partial charge in [0.1, 0.15) is 0 Å². The zero-order valence-corrected chi connectivity index (χ0v) is 11.1. The Balaban J connectivity index is 2.97. The van der Waals surface area contributed by atoms with Gasteiger partial charge in [0.05, 0.1) is 17.3 Å². The Labute approximate surface area is 107 Å². The minimum Gasteiger partial charge on any atom is -0.364 e. The van der Waals surface area contributed by atoms with E-state index < -0.39 is 0 Å². The lowest BCUT2D eigenvalue weighted by Crippen LogP contribution is -2.33. The quantitative estimate of drug-likeness (QED) is 0.832. The molecule has 0 bridgehead atoms. The van der Waals surface area contributed by atoms with Gasteiger partial charge in [0.2, 0.25) is 5.91 Å². The highest BCUT2D eigenvalue weighted by Gasteiger charge is 2.13. The van der Waals surface area contributed by atoms with Crippen molar-refractivity contribution < 1.29 is 4.79 Å². The van der Waals surface area contributed by atoms with Crippen LogP contribution in [0.3, 0.4) is 0 Å². The zero-order chi connectivity index (χ0) is 12.8. The van der Waals surface area contributed by atoms with Crippen LogP contribution < -0.4 is 15.5 Å². The molecule has 0 spiro atoms. The average Bonchev–Trinajstić information content (AvgIpc) is 2.29. The predicted octanol–water partition coefficient (Wildman–Crippen LogP) is 1.24. The van der Waals surface area contributed by atoms with Crippen LogP contribution >= 0.6 is 11.6 Å². The second-order valence-corrected chi connectivity index (χ2v) is 4.21. The molecule has 0 aliphatic rings. The maximum Gasteiger partial charge on any atom is 0.239 e.